The minimum absolute atomic E-state index is 0.304. The van der Waals surface area contributed by atoms with Crippen molar-refractivity contribution in [1.82, 2.24) is 0 Å². The number of benzene rings is 4. The van der Waals surface area contributed by atoms with E-state index in [9.17, 15) is 0 Å². The summed E-state index contributed by atoms with van der Waals surface area (Å²) < 4.78 is 38.2. The molecule has 0 aliphatic carbocycles. The van der Waals surface area contributed by atoms with E-state index in [0.717, 1.165) is 22.3 Å². The van der Waals surface area contributed by atoms with E-state index in [1.807, 2.05) is 121 Å². The standard InChI is InChI=1S/C37H40O6/c1-38-37-36(42-27-32-21-12-5-13-22-32)35(41-26-31-19-10-4-11-20-31)34(40-24-14-23-29-15-6-2-7-16-29)33(43-37)28-39-25-30-17-8-3-9-18-30/h2-23,33-37H,24-28H2,1H3/b23-14+/t33-,34-,35+,36-,37+/m1/s1. The highest BCUT2D eigenvalue weighted by Crippen LogP contribution is 2.30. The van der Waals surface area contributed by atoms with Gasteiger partial charge in [-0.2, -0.15) is 0 Å². The molecule has 0 amide bonds. The van der Waals surface area contributed by atoms with Crippen LogP contribution in [0.15, 0.2) is 127 Å². The molecule has 0 saturated carbocycles. The topological polar surface area (TPSA) is 55.4 Å². The van der Waals surface area contributed by atoms with Crippen LogP contribution in [0.2, 0.25) is 0 Å². The van der Waals surface area contributed by atoms with Crippen LogP contribution in [0, 0.1) is 0 Å². The molecule has 4 aromatic carbocycles. The molecule has 4 aromatic rings. The van der Waals surface area contributed by atoms with Crippen molar-refractivity contribution >= 4 is 6.08 Å². The zero-order valence-corrected chi connectivity index (χ0v) is 24.6. The predicted octanol–water partition coefficient (Wildman–Crippen LogP) is 6.84. The van der Waals surface area contributed by atoms with E-state index in [1.54, 1.807) is 7.11 Å². The summed E-state index contributed by atoms with van der Waals surface area (Å²) in [4.78, 5) is 0. The molecule has 43 heavy (non-hydrogen) atoms. The normalized spacial score (nSPS) is 22.1. The molecule has 0 N–H and O–H groups in total. The number of rotatable bonds is 15. The highest BCUT2D eigenvalue weighted by molar-refractivity contribution is 5.48. The molecule has 6 nitrogen and oxygen atoms in total. The van der Waals surface area contributed by atoms with Crippen molar-refractivity contribution in [3.8, 4) is 0 Å². The van der Waals surface area contributed by atoms with Gasteiger partial charge in [0.25, 0.3) is 0 Å². The third-order valence-electron chi connectivity index (χ3n) is 7.28. The number of hydrogen-bond acceptors (Lipinski definition) is 6. The molecule has 0 spiro atoms. The summed E-state index contributed by atoms with van der Waals surface area (Å²) in [6.45, 7) is 1.91. The molecular formula is C37H40O6. The smallest absolute Gasteiger partial charge is 0.186 e. The van der Waals surface area contributed by atoms with Crippen LogP contribution in [0.25, 0.3) is 6.08 Å². The lowest BCUT2D eigenvalue weighted by molar-refractivity contribution is -0.320. The average Bonchev–Trinajstić information content (AvgIpc) is 3.07. The van der Waals surface area contributed by atoms with Gasteiger partial charge in [-0.3, -0.25) is 0 Å². The van der Waals surface area contributed by atoms with Crippen LogP contribution >= 0.6 is 0 Å². The third kappa shape index (κ3) is 9.43. The largest absolute Gasteiger partial charge is 0.374 e. The van der Waals surface area contributed by atoms with Gasteiger partial charge >= 0.3 is 0 Å². The first-order valence-corrected chi connectivity index (χ1v) is 14.7. The fourth-order valence-corrected chi connectivity index (χ4v) is 5.09. The monoisotopic (exact) mass is 580 g/mol. The van der Waals surface area contributed by atoms with E-state index in [1.165, 1.54) is 0 Å². The first-order valence-electron chi connectivity index (χ1n) is 14.7. The Labute approximate surface area is 254 Å². The van der Waals surface area contributed by atoms with Crippen molar-refractivity contribution in [3.05, 3.63) is 150 Å². The maximum atomic E-state index is 6.64. The molecular weight excluding hydrogens is 540 g/mol. The molecule has 224 valence electrons. The van der Waals surface area contributed by atoms with Crippen LogP contribution in [0.1, 0.15) is 22.3 Å². The maximum absolute atomic E-state index is 6.64. The van der Waals surface area contributed by atoms with E-state index < -0.39 is 30.7 Å². The zero-order chi connectivity index (χ0) is 29.5. The Bertz CT molecular complexity index is 1330. The van der Waals surface area contributed by atoms with Gasteiger partial charge in [0.05, 0.1) is 33.0 Å². The van der Waals surface area contributed by atoms with Gasteiger partial charge in [-0.1, -0.05) is 133 Å². The van der Waals surface area contributed by atoms with Crippen molar-refractivity contribution in [2.45, 2.75) is 50.5 Å². The summed E-state index contributed by atoms with van der Waals surface area (Å²) in [5, 5.41) is 0. The van der Waals surface area contributed by atoms with Crippen LogP contribution < -0.4 is 0 Å². The lowest BCUT2D eigenvalue weighted by atomic mass is 9.98. The molecule has 1 saturated heterocycles. The van der Waals surface area contributed by atoms with Crippen LogP contribution in [-0.4, -0.2) is 51.0 Å². The van der Waals surface area contributed by atoms with Gasteiger partial charge in [0, 0.05) is 7.11 Å². The van der Waals surface area contributed by atoms with Crippen LogP contribution in [0.3, 0.4) is 0 Å². The molecule has 5 rings (SSSR count). The van der Waals surface area contributed by atoms with Crippen molar-refractivity contribution in [2.24, 2.45) is 0 Å². The highest BCUT2D eigenvalue weighted by atomic mass is 16.7. The Morgan fingerprint density at radius 3 is 1.65 bits per heavy atom. The summed E-state index contributed by atoms with van der Waals surface area (Å²) >= 11 is 0. The van der Waals surface area contributed by atoms with Crippen LogP contribution in [0.5, 0.6) is 0 Å². The van der Waals surface area contributed by atoms with Gasteiger partial charge in [-0.05, 0) is 22.3 Å². The molecule has 0 bridgehead atoms. The van der Waals surface area contributed by atoms with Crippen molar-refractivity contribution in [3.63, 3.8) is 0 Å². The van der Waals surface area contributed by atoms with Crippen molar-refractivity contribution in [2.75, 3.05) is 20.3 Å². The fraction of sp³-hybridized carbons (Fsp3) is 0.297. The summed E-state index contributed by atoms with van der Waals surface area (Å²) in [6.07, 6.45) is 1.43. The summed E-state index contributed by atoms with van der Waals surface area (Å²) in [7, 11) is 1.63. The van der Waals surface area contributed by atoms with Gasteiger partial charge < -0.3 is 28.4 Å². The first kappa shape index (κ1) is 30.8. The molecule has 0 aromatic heterocycles. The average molecular weight is 581 g/mol. The first-order chi connectivity index (χ1) is 21.3. The Kier molecular flexibility index (Phi) is 12.1. The Morgan fingerprint density at radius 2 is 1.09 bits per heavy atom. The fourth-order valence-electron chi connectivity index (χ4n) is 5.09. The molecule has 1 heterocycles. The van der Waals surface area contributed by atoms with Gasteiger partial charge in [0.15, 0.2) is 6.29 Å². The van der Waals surface area contributed by atoms with E-state index in [2.05, 4.69) is 12.1 Å². The second-order valence-corrected chi connectivity index (χ2v) is 10.4. The van der Waals surface area contributed by atoms with Crippen LogP contribution in [0.4, 0.5) is 0 Å². The summed E-state index contributed by atoms with van der Waals surface area (Å²) in [5.74, 6) is 0. The molecule has 1 aliphatic heterocycles. The second-order valence-electron chi connectivity index (χ2n) is 10.4. The van der Waals surface area contributed by atoms with Crippen molar-refractivity contribution < 1.29 is 28.4 Å². The number of ether oxygens (including phenoxy) is 6. The van der Waals surface area contributed by atoms with E-state index in [-0.39, 0.29) is 0 Å². The Hall–Kier alpha value is -3.62. The lowest BCUT2D eigenvalue weighted by Crippen LogP contribution is -2.61. The lowest BCUT2D eigenvalue weighted by Gasteiger charge is -2.45. The minimum Gasteiger partial charge on any atom is -0.374 e. The number of methoxy groups -OCH3 is 1. The van der Waals surface area contributed by atoms with E-state index >= 15 is 0 Å². The summed E-state index contributed by atoms with van der Waals surface area (Å²) in [6, 6.07) is 40.4. The van der Waals surface area contributed by atoms with Gasteiger partial charge in [0.1, 0.15) is 24.4 Å². The minimum atomic E-state index is -0.672. The molecule has 1 aliphatic rings. The van der Waals surface area contributed by atoms with Gasteiger partial charge in [-0.25, -0.2) is 0 Å². The molecule has 1 fully saturated rings. The highest BCUT2D eigenvalue weighted by Gasteiger charge is 2.48. The maximum Gasteiger partial charge on any atom is 0.186 e. The van der Waals surface area contributed by atoms with E-state index in [4.69, 9.17) is 28.4 Å². The Morgan fingerprint density at radius 1 is 0.581 bits per heavy atom. The quantitative estimate of drug-likeness (QED) is 0.153. The number of hydrogen-bond donors (Lipinski definition) is 0. The zero-order valence-electron chi connectivity index (χ0n) is 24.6. The van der Waals surface area contributed by atoms with E-state index in [0.29, 0.717) is 33.0 Å². The second kappa shape index (κ2) is 16.9. The molecule has 0 radical (unpaired) electrons. The molecule has 0 unspecified atom stereocenters. The molecule has 6 heteroatoms. The van der Waals surface area contributed by atoms with Crippen molar-refractivity contribution in [1.29, 1.82) is 0 Å². The SMILES string of the molecule is CO[C@H]1O[C@H](COCc2ccccc2)[C@@H](OC/C=C/c2ccccc2)[C@H](OCc2ccccc2)[C@H]1OCc1ccccc1. The van der Waals surface area contributed by atoms with Crippen LogP contribution in [-0.2, 0) is 48.2 Å². The van der Waals surface area contributed by atoms with Gasteiger partial charge in [-0.15, -0.1) is 0 Å². The van der Waals surface area contributed by atoms with Gasteiger partial charge in [0.2, 0.25) is 0 Å². The Balaban J connectivity index is 1.36. The predicted molar refractivity (Wildman–Crippen MR) is 167 cm³/mol. The molecule has 5 atom stereocenters. The summed E-state index contributed by atoms with van der Waals surface area (Å²) in [5.41, 5.74) is 4.31. The third-order valence-corrected chi connectivity index (χ3v) is 7.28.